The third kappa shape index (κ3) is 6.40. The molecule has 0 aliphatic heterocycles. The van der Waals surface area contributed by atoms with Crippen molar-refractivity contribution in [1.82, 2.24) is 5.32 Å². The maximum Gasteiger partial charge on any atom is 0.279 e. The minimum Gasteiger partial charge on any atom is -0.351 e. The maximum atomic E-state index is 12.1. The van der Waals surface area contributed by atoms with Crippen LogP contribution in [0.3, 0.4) is 0 Å². The van der Waals surface area contributed by atoms with E-state index < -0.39 is 0 Å². The van der Waals surface area contributed by atoms with Gasteiger partial charge in [0.15, 0.2) is 13.1 Å². The highest BCUT2D eigenvalue weighted by Crippen LogP contribution is 2.10. The van der Waals surface area contributed by atoms with Gasteiger partial charge in [0.25, 0.3) is 11.8 Å². The van der Waals surface area contributed by atoms with Crippen LogP contribution in [0, 0.1) is 0 Å². The van der Waals surface area contributed by atoms with Crippen molar-refractivity contribution < 1.29 is 14.5 Å². The summed E-state index contributed by atoms with van der Waals surface area (Å²) in [5, 5.41) is 5.65. The summed E-state index contributed by atoms with van der Waals surface area (Å²) in [5.74, 6) is -0.0838. The number of carbonyl (C=O) groups excluding carboxylic acids is 2. The van der Waals surface area contributed by atoms with E-state index in [0.717, 1.165) is 23.6 Å². The maximum absolute atomic E-state index is 12.1. The molecule has 1 aromatic rings. The van der Waals surface area contributed by atoms with Crippen molar-refractivity contribution >= 4 is 17.5 Å². The second-order valence-corrected chi connectivity index (χ2v) is 5.01. The molecule has 0 heterocycles. The minimum absolute atomic E-state index is 0.0184. The average Bonchev–Trinajstić information content (AvgIpc) is 2.46. The van der Waals surface area contributed by atoms with Gasteiger partial charge in [0.05, 0.1) is 6.54 Å². The summed E-state index contributed by atoms with van der Waals surface area (Å²) in [6.07, 6.45) is 0.938. The van der Waals surface area contributed by atoms with Crippen LogP contribution in [0.25, 0.3) is 0 Å². The number of aryl methyl sites for hydroxylation is 1. The number of benzene rings is 1. The first-order valence-corrected chi connectivity index (χ1v) is 7.58. The van der Waals surface area contributed by atoms with Gasteiger partial charge in [0, 0.05) is 12.2 Å². The average molecular weight is 292 g/mol. The van der Waals surface area contributed by atoms with Gasteiger partial charge in [-0.25, -0.2) is 0 Å². The zero-order chi connectivity index (χ0) is 15.7. The van der Waals surface area contributed by atoms with E-state index in [0.29, 0.717) is 19.6 Å². The van der Waals surface area contributed by atoms with Gasteiger partial charge in [-0.15, -0.1) is 0 Å². The Morgan fingerprint density at radius 3 is 2.43 bits per heavy atom. The van der Waals surface area contributed by atoms with E-state index in [-0.39, 0.29) is 11.8 Å². The summed E-state index contributed by atoms with van der Waals surface area (Å²) >= 11 is 0. The molecule has 116 valence electrons. The highest BCUT2D eigenvalue weighted by atomic mass is 16.2. The number of hydrogen-bond donors (Lipinski definition) is 3. The van der Waals surface area contributed by atoms with Gasteiger partial charge in [-0.05, 0) is 38.0 Å². The van der Waals surface area contributed by atoms with Gasteiger partial charge in [0.2, 0.25) is 0 Å². The molecule has 1 atom stereocenters. The van der Waals surface area contributed by atoms with Crippen LogP contribution in [0.2, 0.25) is 0 Å². The number of anilines is 1. The Kier molecular flexibility index (Phi) is 7.46. The van der Waals surface area contributed by atoms with Crippen LogP contribution >= 0.6 is 0 Å². The Balaban J connectivity index is 2.52. The van der Waals surface area contributed by atoms with Gasteiger partial charge in [-0.2, -0.15) is 0 Å². The standard InChI is InChI=1S/C16H25N3O2/c1-4-13-8-7-9-14(10-13)18-16(21)12-19(6-3)11-15(20)17-5-2/h7-10H,4-6,11-12H2,1-3H3,(H,17,20)(H,18,21)/p+1. The molecule has 0 spiro atoms. The van der Waals surface area contributed by atoms with E-state index in [1.54, 1.807) is 0 Å². The Bertz CT molecular complexity index is 474. The molecule has 0 saturated heterocycles. The molecule has 0 aromatic heterocycles. The predicted octanol–water partition coefficient (Wildman–Crippen LogP) is 0.228. The first-order valence-electron chi connectivity index (χ1n) is 7.58. The number of hydrogen-bond acceptors (Lipinski definition) is 2. The second kappa shape index (κ2) is 9.13. The molecular formula is C16H26N3O2+. The van der Waals surface area contributed by atoms with E-state index in [4.69, 9.17) is 0 Å². The first kappa shape index (κ1) is 17.2. The molecule has 0 aliphatic rings. The largest absolute Gasteiger partial charge is 0.351 e. The zero-order valence-corrected chi connectivity index (χ0v) is 13.2. The third-order valence-corrected chi connectivity index (χ3v) is 3.31. The number of carbonyl (C=O) groups is 2. The number of likely N-dealkylation sites (N-methyl/N-ethyl adjacent to an activating group) is 2. The Labute approximate surface area is 126 Å². The first-order chi connectivity index (χ1) is 10.1. The lowest BCUT2D eigenvalue weighted by molar-refractivity contribution is -0.881. The monoisotopic (exact) mass is 292 g/mol. The van der Waals surface area contributed by atoms with E-state index in [1.807, 2.05) is 38.1 Å². The van der Waals surface area contributed by atoms with Crippen molar-refractivity contribution in [3.05, 3.63) is 29.8 Å². The van der Waals surface area contributed by atoms with Gasteiger partial charge in [-0.3, -0.25) is 9.59 Å². The van der Waals surface area contributed by atoms with Gasteiger partial charge < -0.3 is 15.5 Å². The van der Waals surface area contributed by atoms with Crippen LogP contribution in [-0.2, 0) is 16.0 Å². The van der Waals surface area contributed by atoms with Crippen LogP contribution in [0.4, 0.5) is 5.69 Å². The van der Waals surface area contributed by atoms with E-state index in [1.165, 1.54) is 5.56 Å². The summed E-state index contributed by atoms with van der Waals surface area (Å²) in [4.78, 5) is 24.6. The molecule has 0 fully saturated rings. The van der Waals surface area contributed by atoms with Crippen molar-refractivity contribution in [2.75, 3.05) is 31.5 Å². The molecule has 0 aliphatic carbocycles. The third-order valence-electron chi connectivity index (χ3n) is 3.31. The SMILES string of the molecule is CCNC(=O)C[NH+](CC)CC(=O)Nc1cccc(CC)c1. The molecule has 0 saturated carbocycles. The summed E-state index contributed by atoms with van der Waals surface area (Å²) in [7, 11) is 0. The summed E-state index contributed by atoms with van der Waals surface area (Å²) in [6.45, 7) is 7.91. The molecule has 1 rings (SSSR count). The highest BCUT2D eigenvalue weighted by molar-refractivity contribution is 5.91. The molecule has 5 heteroatoms. The van der Waals surface area contributed by atoms with Crippen LogP contribution in [0.1, 0.15) is 26.3 Å². The molecule has 1 unspecified atom stereocenters. The summed E-state index contributed by atoms with van der Waals surface area (Å²) < 4.78 is 0. The quantitative estimate of drug-likeness (QED) is 0.642. The number of amides is 2. The van der Waals surface area contributed by atoms with Crippen molar-refractivity contribution in [3.63, 3.8) is 0 Å². The van der Waals surface area contributed by atoms with Gasteiger partial charge >= 0.3 is 0 Å². The molecular weight excluding hydrogens is 266 g/mol. The molecule has 0 bridgehead atoms. The van der Waals surface area contributed by atoms with Crippen molar-refractivity contribution in [2.24, 2.45) is 0 Å². The lowest BCUT2D eigenvalue weighted by atomic mass is 10.1. The molecule has 5 nitrogen and oxygen atoms in total. The van der Waals surface area contributed by atoms with Crippen LogP contribution < -0.4 is 15.5 Å². The second-order valence-electron chi connectivity index (χ2n) is 5.01. The number of nitrogens with one attached hydrogen (secondary N) is 3. The topological polar surface area (TPSA) is 62.6 Å². The van der Waals surface area contributed by atoms with Crippen molar-refractivity contribution in [2.45, 2.75) is 27.2 Å². The van der Waals surface area contributed by atoms with E-state index in [2.05, 4.69) is 17.6 Å². The fraction of sp³-hybridized carbons (Fsp3) is 0.500. The molecule has 2 amide bonds. The van der Waals surface area contributed by atoms with Gasteiger partial charge in [0.1, 0.15) is 0 Å². The van der Waals surface area contributed by atoms with E-state index >= 15 is 0 Å². The number of quaternary nitrogens is 1. The van der Waals surface area contributed by atoms with E-state index in [9.17, 15) is 9.59 Å². The summed E-state index contributed by atoms with van der Waals surface area (Å²) in [5.41, 5.74) is 2.00. The van der Waals surface area contributed by atoms with Crippen LogP contribution in [-0.4, -0.2) is 38.0 Å². The zero-order valence-electron chi connectivity index (χ0n) is 13.2. The van der Waals surface area contributed by atoms with Crippen LogP contribution in [0.5, 0.6) is 0 Å². The number of rotatable bonds is 8. The highest BCUT2D eigenvalue weighted by Gasteiger charge is 2.16. The normalized spacial score (nSPS) is 11.8. The lowest BCUT2D eigenvalue weighted by Crippen LogP contribution is -3.14. The smallest absolute Gasteiger partial charge is 0.279 e. The Morgan fingerprint density at radius 1 is 1.10 bits per heavy atom. The summed E-state index contributed by atoms with van der Waals surface area (Å²) in [6, 6.07) is 7.84. The molecule has 1 aromatic carbocycles. The Morgan fingerprint density at radius 2 is 1.81 bits per heavy atom. The van der Waals surface area contributed by atoms with Crippen molar-refractivity contribution in [1.29, 1.82) is 0 Å². The predicted molar refractivity (Wildman–Crippen MR) is 84.4 cm³/mol. The van der Waals surface area contributed by atoms with Crippen LogP contribution in [0.15, 0.2) is 24.3 Å². The molecule has 0 radical (unpaired) electrons. The fourth-order valence-electron chi connectivity index (χ4n) is 2.10. The Hall–Kier alpha value is -1.88. The molecule has 3 N–H and O–H groups in total. The van der Waals surface area contributed by atoms with Crippen molar-refractivity contribution in [3.8, 4) is 0 Å². The van der Waals surface area contributed by atoms with Gasteiger partial charge in [-0.1, -0.05) is 19.1 Å². The minimum atomic E-state index is -0.0654. The fourth-order valence-corrected chi connectivity index (χ4v) is 2.10. The molecule has 21 heavy (non-hydrogen) atoms. The lowest BCUT2D eigenvalue weighted by Gasteiger charge is -2.16.